The van der Waals surface area contributed by atoms with E-state index in [1.165, 1.54) is 14.2 Å². The predicted molar refractivity (Wildman–Crippen MR) is 87.4 cm³/mol. The zero-order valence-corrected chi connectivity index (χ0v) is 13.7. The fraction of sp³-hybridized carbons (Fsp3) is 0.200. The van der Waals surface area contributed by atoms with Crippen LogP contribution in [0.2, 0.25) is 5.02 Å². The second-order valence-electron chi connectivity index (χ2n) is 4.37. The van der Waals surface area contributed by atoms with E-state index in [-0.39, 0.29) is 11.1 Å². The maximum atomic E-state index is 11.9. The average molecular weight is 340 g/mol. The van der Waals surface area contributed by atoms with Gasteiger partial charge in [-0.3, -0.25) is 14.5 Å². The maximum Gasteiger partial charge on any atom is 0.293 e. The van der Waals surface area contributed by atoms with Crippen molar-refractivity contribution in [3.8, 4) is 11.5 Å². The molecular formula is C15H14ClNO4S. The molecule has 0 unspecified atom stereocenters. The van der Waals surface area contributed by atoms with Crippen molar-refractivity contribution >= 4 is 40.6 Å². The van der Waals surface area contributed by atoms with Crippen LogP contribution >= 0.6 is 23.4 Å². The highest BCUT2D eigenvalue weighted by Gasteiger charge is 2.31. The van der Waals surface area contributed by atoms with Gasteiger partial charge < -0.3 is 9.47 Å². The van der Waals surface area contributed by atoms with Crippen LogP contribution in [0.4, 0.5) is 4.79 Å². The Balaban J connectivity index is 2.37. The van der Waals surface area contributed by atoms with E-state index in [1.54, 1.807) is 24.3 Å². The fourth-order valence-corrected chi connectivity index (χ4v) is 2.90. The summed E-state index contributed by atoms with van der Waals surface area (Å²) in [6.45, 7) is 3.87. The number of halogens is 1. The molecule has 1 fully saturated rings. The van der Waals surface area contributed by atoms with Gasteiger partial charge in [0, 0.05) is 7.05 Å². The molecule has 2 amide bonds. The number of carbonyl (C=O) groups excluding carboxylic acids is 2. The lowest BCUT2D eigenvalue weighted by Crippen LogP contribution is -2.22. The lowest BCUT2D eigenvalue weighted by molar-refractivity contribution is -0.121. The summed E-state index contributed by atoms with van der Waals surface area (Å²) in [7, 11) is 2.94. The van der Waals surface area contributed by atoms with E-state index in [0.29, 0.717) is 33.6 Å². The van der Waals surface area contributed by atoms with Gasteiger partial charge in [0.2, 0.25) is 0 Å². The van der Waals surface area contributed by atoms with Crippen LogP contribution in [0.5, 0.6) is 11.5 Å². The van der Waals surface area contributed by atoms with E-state index in [9.17, 15) is 9.59 Å². The van der Waals surface area contributed by atoms with Crippen LogP contribution in [0.1, 0.15) is 5.56 Å². The van der Waals surface area contributed by atoms with Gasteiger partial charge in [-0.1, -0.05) is 24.3 Å². The Kier molecular flexibility index (Phi) is 5.15. The summed E-state index contributed by atoms with van der Waals surface area (Å²) in [6, 6.07) is 3.33. The van der Waals surface area contributed by atoms with Crippen molar-refractivity contribution in [2.75, 3.05) is 20.8 Å². The minimum atomic E-state index is -0.336. The van der Waals surface area contributed by atoms with Crippen LogP contribution in [0.25, 0.3) is 6.08 Å². The van der Waals surface area contributed by atoms with Crippen molar-refractivity contribution in [3.63, 3.8) is 0 Å². The number of hydrogen-bond donors (Lipinski definition) is 0. The number of methoxy groups -OCH3 is 1. The predicted octanol–water partition coefficient (Wildman–Crippen LogP) is 3.58. The summed E-state index contributed by atoms with van der Waals surface area (Å²) in [5.41, 5.74) is 0.645. The molecule has 0 atom stereocenters. The van der Waals surface area contributed by atoms with Gasteiger partial charge in [0.15, 0.2) is 11.5 Å². The Morgan fingerprint density at radius 2 is 2.14 bits per heavy atom. The summed E-state index contributed by atoms with van der Waals surface area (Å²) in [5.74, 6) is 0.512. The van der Waals surface area contributed by atoms with Gasteiger partial charge in [-0.2, -0.15) is 0 Å². The molecule has 1 saturated heterocycles. The molecule has 2 rings (SSSR count). The molecule has 0 radical (unpaired) electrons. The highest BCUT2D eigenvalue weighted by molar-refractivity contribution is 8.18. The van der Waals surface area contributed by atoms with Crippen molar-refractivity contribution < 1.29 is 19.1 Å². The fourth-order valence-electron chi connectivity index (χ4n) is 1.80. The number of imide groups is 1. The normalized spacial score (nSPS) is 16.3. The largest absolute Gasteiger partial charge is 0.493 e. The summed E-state index contributed by atoms with van der Waals surface area (Å²) in [5, 5.41) is 0.0448. The number of rotatable bonds is 5. The molecule has 0 spiro atoms. The molecule has 1 aromatic rings. The monoisotopic (exact) mass is 339 g/mol. The van der Waals surface area contributed by atoms with Crippen LogP contribution in [0, 0.1) is 0 Å². The SMILES string of the molecule is C=CCOc1c(Cl)cc(/C=C2\SC(=O)N(C)C2=O)cc1OC. The van der Waals surface area contributed by atoms with Crippen molar-refractivity contribution in [1.29, 1.82) is 0 Å². The molecule has 1 aliphatic heterocycles. The molecule has 0 aliphatic carbocycles. The van der Waals surface area contributed by atoms with E-state index >= 15 is 0 Å². The first-order valence-electron chi connectivity index (χ1n) is 6.30. The number of likely N-dealkylation sites (N-methyl/N-ethyl adjacent to an activating group) is 1. The molecular weight excluding hydrogens is 326 g/mol. The topological polar surface area (TPSA) is 55.8 Å². The number of carbonyl (C=O) groups is 2. The minimum absolute atomic E-state index is 0.296. The van der Waals surface area contributed by atoms with E-state index in [1.807, 2.05) is 0 Å². The minimum Gasteiger partial charge on any atom is -0.493 e. The van der Waals surface area contributed by atoms with Crippen molar-refractivity contribution in [2.24, 2.45) is 0 Å². The lowest BCUT2D eigenvalue weighted by atomic mass is 10.2. The average Bonchev–Trinajstić information content (AvgIpc) is 2.73. The van der Waals surface area contributed by atoms with Crippen LogP contribution in [0.3, 0.4) is 0 Å². The number of benzene rings is 1. The van der Waals surface area contributed by atoms with Gasteiger partial charge >= 0.3 is 0 Å². The highest BCUT2D eigenvalue weighted by Crippen LogP contribution is 2.38. The molecule has 0 N–H and O–H groups in total. The molecule has 0 bridgehead atoms. The first-order valence-corrected chi connectivity index (χ1v) is 7.50. The van der Waals surface area contributed by atoms with Gasteiger partial charge in [-0.15, -0.1) is 0 Å². The van der Waals surface area contributed by atoms with E-state index < -0.39 is 0 Å². The van der Waals surface area contributed by atoms with Crippen LogP contribution in [-0.4, -0.2) is 36.8 Å². The van der Waals surface area contributed by atoms with Crippen LogP contribution < -0.4 is 9.47 Å². The Hall–Kier alpha value is -1.92. The van der Waals surface area contributed by atoms with Crippen molar-refractivity contribution in [2.45, 2.75) is 0 Å². The van der Waals surface area contributed by atoms with Gasteiger partial charge in [-0.25, -0.2) is 0 Å². The highest BCUT2D eigenvalue weighted by atomic mass is 35.5. The lowest BCUT2D eigenvalue weighted by Gasteiger charge is -2.12. The number of nitrogens with zero attached hydrogens (tertiary/aromatic N) is 1. The van der Waals surface area contributed by atoms with E-state index in [4.69, 9.17) is 21.1 Å². The van der Waals surface area contributed by atoms with Gasteiger partial charge in [0.25, 0.3) is 11.1 Å². The molecule has 116 valence electrons. The van der Waals surface area contributed by atoms with Crippen LogP contribution in [0.15, 0.2) is 29.7 Å². The molecule has 1 aliphatic rings. The molecule has 5 nitrogen and oxygen atoms in total. The molecule has 22 heavy (non-hydrogen) atoms. The first kappa shape index (κ1) is 16.5. The summed E-state index contributed by atoms with van der Waals surface area (Å²) < 4.78 is 10.7. The Bertz CT molecular complexity index is 672. The van der Waals surface area contributed by atoms with Crippen molar-refractivity contribution in [1.82, 2.24) is 4.90 Å². The second-order valence-corrected chi connectivity index (χ2v) is 5.77. The molecule has 0 saturated carbocycles. The van der Waals surface area contributed by atoms with Crippen molar-refractivity contribution in [3.05, 3.63) is 40.3 Å². The first-order chi connectivity index (χ1) is 10.5. The molecule has 0 aromatic heterocycles. The summed E-state index contributed by atoms with van der Waals surface area (Å²) in [6.07, 6.45) is 3.20. The third-order valence-corrected chi connectivity index (χ3v) is 4.12. The summed E-state index contributed by atoms with van der Waals surface area (Å²) >= 11 is 7.07. The van der Waals surface area contributed by atoms with E-state index in [0.717, 1.165) is 16.7 Å². The third-order valence-electron chi connectivity index (χ3n) is 2.88. The van der Waals surface area contributed by atoms with Gasteiger partial charge in [-0.05, 0) is 35.5 Å². The Morgan fingerprint density at radius 3 is 2.68 bits per heavy atom. The Labute approximate surface area is 137 Å². The number of ether oxygens (including phenoxy) is 2. The summed E-state index contributed by atoms with van der Waals surface area (Å²) in [4.78, 5) is 24.8. The van der Waals surface area contributed by atoms with Crippen LogP contribution in [-0.2, 0) is 4.79 Å². The smallest absolute Gasteiger partial charge is 0.293 e. The standard InChI is InChI=1S/C15H14ClNO4S/c1-4-5-21-13-10(16)6-9(7-11(13)20-3)8-12-14(18)17(2)15(19)22-12/h4,6-8H,1,5H2,2-3H3/b12-8-. The molecule has 1 aromatic carbocycles. The van der Waals surface area contributed by atoms with Gasteiger partial charge in [0.1, 0.15) is 6.61 Å². The zero-order valence-electron chi connectivity index (χ0n) is 12.1. The Morgan fingerprint density at radius 1 is 1.41 bits per heavy atom. The molecule has 1 heterocycles. The number of hydrogen-bond acceptors (Lipinski definition) is 5. The molecule has 7 heteroatoms. The number of thioether (sulfide) groups is 1. The maximum absolute atomic E-state index is 11.9. The third kappa shape index (κ3) is 3.28. The van der Waals surface area contributed by atoms with Gasteiger partial charge in [0.05, 0.1) is 17.0 Å². The second kappa shape index (κ2) is 6.89. The number of amides is 2. The zero-order chi connectivity index (χ0) is 16.3. The van der Waals surface area contributed by atoms with E-state index in [2.05, 4.69) is 6.58 Å². The quantitative estimate of drug-likeness (QED) is 0.606.